The molecule has 0 amide bonds. The van der Waals surface area contributed by atoms with E-state index in [9.17, 15) is 5.11 Å². The largest absolute Gasteiger partial charge is 0.355 e. The molecule has 0 spiro atoms. The highest BCUT2D eigenvalue weighted by Gasteiger charge is 1.84. The van der Waals surface area contributed by atoms with Gasteiger partial charge >= 0.3 is 0 Å². The van der Waals surface area contributed by atoms with Crippen LogP contribution in [0.4, 0.5) is 0 Å². The summed E-state index contributed by atoms with van der Waals surface area (Å²) in [6, 6.07) is 0. The highest BCUT2D eigenvalue weighted by Crippen LogP contribution is 1.87. The van der Waals surface area contributed by atoms with E-state index in [4.69, 9.17) is 4.74 Å². The standard InChI is InChI=1S/C6H13O3/c1-2-3-4-8-6-9-5-7/h2-6H2,1H3. The van der Waals surface area contributed by atoms with E-state index in [1.807, 2.05) is 0 Å². The Bertz CT molecular complexity index is 41.6. The SMILES string of the molecule is CCCCOCOC[O]. The van der Waals surface area contributed by atoms with Crippen molar-refractivity contribution in [2.24, 2.45) is 0 Å². The summed E-state index contributed by atoms with van der Waals surface area (Å²) in [5.41, 5.74) is 0. The van der Waals surface area contributed by atoms with Gasteiger partial charge in [-0.1, -0.05) is 13.3 Å². The molecule has 0 saturated carbocycles. The Morgan fingerprint density at radius 3 is 2.67 bits per heavy atom. The Hall–Kier alpha value is -0.120. The first-order chi connectivity index (χ1) is 4.41. The minimum Gasteiger partial charge on any atom is -0.355 e. The van der Waals surface area contributed by atoms with Crippen LogP contribution in [-0.2, 0) is 14.6 Å². The maximum absolute atomic E-state index is 9.66. The van der Waals surface area contributed by atoms with Gasteiger partial charge in [-0.2, -0.15) is 0 Å². The normalized spacial score (nSPS) is 10.0. The van der Waals surface area contributed by atoms with Gasteiger partial charge in [0.2, 0.25) is 0 Å². The quantitative estimate of drug-likeness (QED) is 0.403. The summed E-state index contributed by atoms with van der Waals surface area (Å²) in [6.45, 7) is 2.41. The molecule has 1 radical (unpaired) electrons. The van der Waals surface area contributed by atoms with Crippen LogP contribution in [0.25, 0.3) is 0 Å². The number of rotatable bonds is 6. The molecule has 0 atom stereocenters. The van der Waals surface area contributed by atoms with E-state index in [2.05, 4.69) is 11.7 Å². The van der Waals surface area contributed by atoms with Crippen LogP contribution in [0, 0.1) is 0 Å². The van der Waals surface area contributed by atoms with Crippen molar-refractivity contribution in [1.82, 2.24) is 0 Å². The van der Waals surface area contributed by atoms with Crippen LogP contribution in [0.3, 0.4) is 0 Å². The van der Waals surface area contributed by atoms with Crippen molar-refractivity contribution >= 4 is 0 Å². The predicted molar refractivity (Wildman–Crippen MR) is 32.4 cm³/mol. The fraction of sp³-hybridized carbons (Fsp3) is 1.00. The van der Waals surface area contributed by atoms with E-state index in [0.29, 0.717) is 6.61 Å². The number of hydrogen-bond donors (Lipinski definition) is 0. The zero-order valence-corrected chi connectivity index (χ0v) is 5.76. The summed E-state index contributed by atoms with van der Waals surface area (Å²) in [6.07, 6.45) is 2.14. The number of hydrogen-bond acceptors (Lipinski definition) is 2. The molecule has 3 nitrogen and oxygen atoms in total. The summed E-state index contributed by atoms with van der Waals surface area (Å²) in [4.78, 5) is 0. The molecule has 0 aromatic carbocycles. The van der Waals surface area contributed by atoms with Gasteiger partial charge in [0.05, 0.1) is 0 Å². The second kappa shape index (κ2) is 7.88. The van der Waals surface area contributed by atoms with Crippen molar-refractivity contribution in [3.05, 3.63) is 0 Å². The highest BCUT2D eigenvalue weighted by atomic mass is 16.7. The van der Waals surface area contributed by atoms with Gasteiger partial charge in [-0.15, -0.1) is 0 Å². The molecule has 0 bridgehead atoms. The van der Waals surface area contributed by atoms with E-state index in [0.717, 1.165) is 12.8 Å². The monoisotopic (exact) mass is 133 g/mol. The van der Waals surface area contributed by atoms with Crippen molar-refractivity contribution in [1.29, 1.82) is 0 Å². The smallest absolute Gasteiger partial charge is 0.183 e. The molecule has 0 aromatic rings. The molecule has 0 aliphatic carbocycles. The molecule has 0 aliphatic heterocycles. The van der Waals surface area contributed by atoms with E-state index in [-0.39, 0.29) is 6.79 Å². The molecule has 0 aliphatic rings. The fourth-order valence-electron chi connectivity index (χ4n) is 0.398. The summed E-state index contributed by atoms with van der Waals surface area (Å²) in [5, 5.41) is 9.66. The third kappa shape index (κ3) is 7.88. The Morgan fingerprint density at radius 2 is 2.11 bits per heavy atom. The van der Waals surface area contributed by atoms with Gasteiger partial charge < -0.3 is 9.47 Å². The second-order valence-corrected chi connectivity index (χ2v) is 1.70. The first kappa shape index (κ1) is 8.88. The molecule has 55 valence electrons. The van der Waals surface area contributed by atoms with Crippen molar-refractivity contribution in [3.63, 3.8) is 0 Å². The first-order valence-corrected chi connectivity index (χ1v) is 3.15. The topological polar surface area (TPSA) is 38.4 Å². The minimum absolute atomic E-state index is 0.142. The summed E-state index contributed by atoms with van der Waals surface area (Å²) >= 11 is 0. The molecule has 0 N–H and O–H groups in total. The molecule has 3 heteroatoms. The Morgan fingerprint density at radius 1 is 1.33 bits per heavy atom. The molecule has 9 heavy (non-hydrogen) atoms. The molecule has 0 rings (SSSR count). The third-order valence-corrected chi connectivity index (χ3v) is 0.892. The van der Waals surface area contributed by atoms with Crippen molar-refractivity contribution in [3.8, 4) is 0 Å². The average molecular weight is 133 g/mol. The lowest BCUT2D eigenvalue weighted by atomic mass is 10.4. The fourth-order valence-corrected chi connectivity index (χ4v) is 0.398. The van der Waals surface area contributed by atoms with E-state index in [1.54, 1.807) is 0 Å². The van der Waals surface area contributed by atoms with Crippen LogP contribution in [-0.4, -0.2) is 20.2 Å². The molecule has 0 unspecified atom stereocenters. The van der Waals surface area contributed by atoms with Gasteiger partial charge in [0.15, 0.2) is 6.79 Å². The van der Waals surface area contributed by atoms with Crippen LogP contribution in [0.2, 0.25) is 0 Å². The van der Waals surface area contributed by atoms with Gasteiger partial charge in [0, 0.05) is 6.61 Å². The van der Waals surface area contributed by atoms with Crippen LogP contribution in [0.1, 0.15) is 19.8 Å². The van der Waals surface area contributed by atoms with Crippen molar-refractivity contribution < 1.29 is 14.6 Å². The predicted octanol–water partition coefficient (Wildman–Crippen LogP) is 1.17. The lowest BCUT2D eigenvalue weighted by Gasteiger charge is -1.99. The van der Waals surface area contributed by atoms with Gasteiger partial charge in [0.1, 0.15) is 6.79 Å². The number of ether oxygens (including phenoxy) is 2. The maximum Gasteiger partial charge on any atom is 0.183 e. The Labute approximate surface area is 55.6 Å². The minimum atomic E-state index is -0.508. The summed E-state index contributed by atoms with van der Waals surface area (Å²) in [7, 11) is 0. The molecule has 0 saturated heterocycles. The zero-order valence-electron chi connectivity index (χ0n) is 5.76. The average Bonchev–Trinajstić information content (AvgIpc) is 1.89. The second-order valence-electron chi connectivity index (χ2n) is 1.70. The van der Waals surface area contributed by atoms with Crippen LogP contribution >= 0.6 is 0 Å². The Balaban J connectivity index is 2.60. The molecule has 0 aromatic heterocycles. The Kier molecular flexibility index (Phi) is 7.77. The van der Waals surface area contributed by atoms with Crippen LogP contribution in [0.5, 0.6) is 0 Å². The summed E-state index contributed by atoms with van der Waals surface area (Å²) in [5.74, 6) is 0. The van der Waals surface area contributed by atoms with Crippen molar-refractivity contribution in [2.45, 2.75) is 19.8 Å². The zero-order chi connectivity index (χ0) is 6.95. The van der Waals surface area contributed by atoms with Gasteiger partial charge in [-0.3, -0.25) is 0 Å². The summed E-state index contributed by atoms with van der Waals surface area (Å²) < 4.78 is 9.29. The lowest BCUT2D eigenvalue weighted by Crippen LogP contribution is -2.00. The van der Waals surface area contributed by atoms with Gasteiger partial charge in [-0.05, 0) is 6.42 Å². The molecular formula is C6H13O3. The van der Waals surface area contributed by atoms with Gasteiger partial charge in [-0.25, -0.2) is 5.11 Å². The lowest BCUT2D eigenvalue weighted by molar-refractivity contribution is -0.129. The van der Waals surface area contributed by atoms with Gasteiger partial charge in [0.25, 0.3) is 0 Å². The van der Waals surface area contributed by atoms with E-state index >= 15 is 0 Å². The highest BCUT2D eigenvalue weighted by molar-refractivity contribution is 4.27. The molecule has 0 fully saturated rings. The van der Waals surface area contributed by atoms with E-state index < -0.39 is 6.79 Å². The molecular weight excluding hydrogens is 120 g/mol. The first-order valence-electron chi connectivity index (χ1n) is 3.15. The van der Waals surface area contributed by atoms with Crippen LogP contribution in [0.15, 0.2) is 0 Å². The molecule has 0 heterocycles. The van der Waals surface area contributed by atoms with Crippen LogP contribution < -0.4 is 0 Å². The third-order valence-electron chi connectivity index (χ3n) is 0.892. The van der Waals surface area contributed by atoms with E-state index in [1.165, 1.54) is 0 Å². The van der Waals surface area contributed by atoms with Crippen molar-refractivity contribution in [2.75, 3.05) is 20.2 Å². The number of unbranched alkanes of at least 4 members (excludes halogenated alkanes) is 1. The maximum atomic E-state index is 9.66.